The summed E-state index contributed by atoms with van der Waals surface area (Å²) in [5.74, 6) is 0.912. The van der Waals surface area contributed by atoms with Gasteiger partial charge < -0.3 is 14.7 Å². The monoisotopic (exact) mass is 483 g/mol. The molecule has 3 aromatic carbocycles. The average molecular weight is 484 g/mol. The van der Waals surface area contributed by atoms with Crippen LogP contribution in [0.3, 0.4) is 0 Å². The van der Waals surface area contributed by atoms with Gasteiger partial charge in [0.2, 0.25) is 23.5 Å². The average Bonchev–Trinajstić information content (AvgIpc) is 3.43. The Kier molecular flexibility index (Phi) is 7.04. The van der Waals surface area contributed by atoms with Crippen molar-refractivity contribution in [2.24, 2.45) is 0 Å². The second kappa shape index (κ2) is 10.7. The first-order valence-corrected chi connectivity index (χ1v) is 12.2. The van der Waals surface area contributed by atoms with Gasteiger partial charge in [0.1, 0.15) is 0 Å². The lowest BCUT2D eigenvalue weighted by Gasteiger charge is -2.36. The molecule has 8 heteroatoms. The van der Waals surface area contributed by atoms with Crippen LogP contribution >= 0.6 is 0 Å². The number of hydrogen-bond donors (Lipinski definition) is 1. The van der Waals surface area contributed by atoms with Crippen LogP contribution in [0.1, 0.15) is 24.4 Å². The molecule has 8 nitrogen and oxygen atoms in total. The third kappa shape index (κ3) is 5.28. The number of carbonyl (C=O) groups excluding carboxylic acids is 2. The molecular weight excluding hydrogens is 454 g/mol. The van der Waals surface area contributed by atoms with Crippen LogP contribution in [0.2, 0.25) is 0 Å². The van der Waals surface area contributed by atoms with E-state index < -0.39 is 0 Å². The SMILES string of the molecule is CC(c1nc(-c2ccccc2)no1)N1CCN(C(=O)CNC(=O)Cc2cccc3ccccc23)CC1. The van der Waals surface area contributed by atoms with Crippen LogP contribution in [0, 0.1) is 0 Å². The molecule has 1 saturated heterocycles. The van der Waals surface area contributed by atoms with Gasteiger partial charge in [-0.15, -0.1) is 0 Å². The van der Waals surface area contributed by atoms with E-state index in [2.05, 4.69) is 20.4 Å². The van der Waals surface area contributed by atoms with Crippen molar-refractivity contribution in [2.75, 3.05) is 32.7 Å². The smallest absolute Gasteiger partial charge is 0.244 e. The fourth-order valence-electron chi connectivity index (χ4n) is 4.59. The summed E-state index contributed by atoms with van der Waals surface area (Å²) in [4.78, 5) is 33.8. The highest BCUT2D eigenvalue weighted by molar-refractivity contribution is 5.91. The number of rotatable bonds is 7. The maximum Gasteiger partial charge on any atom is 0.244 e. The molecule has 1 aromatic heterocycles. The summed E-state index contributed by atoms with van der Waals surface area (Å²) in [6, 6.07) is 23.6. The lowest BCUT2D eigenvalue weighted by molar-refractivity contribution is -0.134. The van der Waals surface area contributed by atoms with Gasteiger partial charge in [0, 0.05) is 31.7 Å². The number of piperazine rings is 1. The van der Waals surface area contributed by atoms with E-state index >= 15 is 0 Å². The van der Waals surface area contributed by atoms with E-state index in [9.17, 15) is 9.59 Å². The Bertz CT molecular complexity index is 1340. The Labute approximate surface area is 209 Å². The summed E-state index contributed by atoms with van der Waals surface area (Å²) in [5.41, 5.74) is 1.87. The van der Waals surface area contributed by atoms with E-state index in [0.29, 0.717) is 37.9 Å². The van der Waals surface area contributed by atoms with Crippen LogP contribution in [0.4, 0.5) is 0 Å². The molecule has 2 heterocycles. The van der Waals surface area contributed by atoms with Crippen molar-refractivity contribution in [3.8, 4) is 11.4 Å². The number of nitrogens with one attached hydrogen (secondary N) is 1. The fraction of sp³-hybridized carbons (Fsp3) is 0.286. The molecule has 0 saturated carbocycles. The topological polar surface area (TPSA) is 91.6 Å². The van der Waals surface area contributed by atoms with Gasteiger partial charge in [-0.05, 0) is 23.3 Å². The minimum absolute atomic E-state index is 0.00322. The summed E-state index contributed by atoms with van der Waals surface area (Å²) >= 11 is 0. The zero-order valence-electron chi connectivity index (χ0n) is 20.3. The highest BCUT2D eigenvalue weighted by atomic mass is 16.5. The Balaban J connectivity index is 1.10. The molecule has 1 N–H and O–H groups in total. The zero-order chi connectivity index (χ0) is 24.9. The molecule has 1 fully saturated rings. The number of benzene rings is 3. The standard InChI is InChI=1S/C28H29N5O3/c1-20(28-30-27(31-36-28)22-9-3-2-4-10-22)32-14-16-33(17-15-32)26(35)19-29-25(34)18-23-12-7-11-21-8-5-6-13-24(21)23/h2-13,20H,14-19H2,1H3,(H,29,34). The van der Waals surface area contributed by atoms with E-state index in [1.165, 1.54) is 0 Å². The number of nitrogens with zero attached hydrogens (tertiary/aromatic N) is 4. The van der Waals surface area contributed by atoms with Crippen molar-refractivity contribution in [3.63, 3.8) is 0 Å². The number of hydrogen-bond acceptors (Lipinski definition) is 6. The minimum atomic E-state index is -0.155. The second-order valence-electron chi connectivity index (χ2n) is 9.01. The number of aromatic nitrogens is 2. The molecule has 2 amide bonds. The Morgan fingerprint density at radius 2 is 1.67 bits per heavy atom. The predicted octanol–water partition coefficient (Wildman–Crippen LogP) is 3.45. The van der Waals surface area contributed by atoms with Gasteiger partial charge in [0.25, 0.3) is 0 Å². The molecule has 36 heavy (non-hydrogen) atoms. The fourth-order valence-corrected chi connectivity index (χ4v) is 4.59. The first-order chi connectivity index (χ1) is 17.6. The number of carbonyl (C=O) groups is 2. The molecular formula is C28H29N5O3. The molecule has 0 aliphatic carbocycles. The summed E-state index contributed by atoms with van der Waals surface area (Å²) in [7, 11) is 0. The molecule has 0 radical (unpaired) electrons. The first-order valence-electron chi connectivity index (χ1n) is 12.2. The van der Waals surface area contributed by atoms with Gasteiger partial charge in [-0.25, -0.2) is 0 Å². The number of fused-ring (bicyclic) bond motifs is 1. The molecule has 0 bridgehead atoms. The van der Waals surface area contributed by atoms with Crippen LogP contribution in [0.25, 0.3) is 22.2 Å². The van der Waals surface area contributed by atoms with E-state index in [-0.39, 0.29) is 30.8 Å². The Hall–Kier alpha value is -4.04. The van der Waals surface area contributed by atoms with Crippen LogP contribution in [0.5, 0.6) is 0 Å². The molecule has 1 aliphatic rings. The van der Waals surface area contributed by atoms with Crippen molar-refractivity contribution >= 4 is 22.6 Å². The highest BCUT2D eigenvalue weighted by Crippen LogP contribution is 2.23. The van der Waals surface area contributed by atoms with Crippen molar-refractivity contribution in [1.82, 2.24) is 25.3 Å². The van der Waals surface area contributed by atoms with Gasteiger partial charge in [0.05, 0.1) is 19.0 Å². The van der Waals surface area contributed by atoms with Gasteiger partial charge in [-0.1, -0.05) is 78.0 Å². The quantitative estimate of drug-likeness (QED) is 0.433. The van der Waals surface area contributed by atoms with Crippen molar-refractivity contribution in [2.45, 2.75) is 19.4 Å². The van der Waals surface area contributed by atoms with Crippen molar-refractivity contribution in [1.29, 1.82) is 0 Å². The van der Waals surface area contributed by atoms with Crippen molar-refractivity contribution in [3.05, 3.63) is 84.3 Å². The molecule has 1 aliphatic heterocycles. The van der Waals surface area contributed by atoms with E-state index in [1.54, 1.807) is 4.90 Å². The van der Waals surface area contributed by atoms with Gasteiger partial charge in [0.15, 0.2) is 0 Å². The highest BCUT2D eigenvalue weighted by Gasteiger charge is 2.28. The van der Waals surface area contributed by atoms with E-state index in [0.717, 1.165) is 21.9 Å². The molecule has 184 valence electrons. The molecule has 5 rings (SSSR count). The maximum absolute atomic E-state index is 12.7. The molecule has 0 spiro atoms. The van der Waals surface area contributed by atoms with Gasteiger partial charge >= 0.3 is 0 Å². The molecule has 4 aromatic rings. The molecule has 1 atom stereocenters. The van der Waals surface area contributed by atoms with Crippen LogP contribution in [-0.4, -0.2) is 64.5 Å². The summed E-state index contributed by atoms with van der Waals surface area (Å²) in [6.07, 6.45) is 0.245. The largest absolute Gasteiger partial charge is 0.347 e. The number of amides is 2. The normalized spacial score (nSPS) is 15.1. The van der Waals surface area contributed by atoms with E-state index in [1.807, 2.05) is 79.7 Å². The van der Waals surface area contributed by atoms with Gasteiger partial charge in [-0.2, -0.15) is 4.98 Å². The first kappa shape index (κ1) is 23.7. The zero-order valence-corrected chi connectivity index (χ0v) is 20.3. The Morgan fingerprint density at radius 3 is 2.47 bits per heavy atom. The van der Waals surface area contributed by atoms with Crippen molar-refractivity contribution < 1.29 is 14.1 Å². The van der Waals surface area contributed by atoms with E-state index in [4.69, 9.17) is 4.52 Å². The van der Waals surface area contributed by atoms with Gasteiger partial charge in [-0.3, -0.25) is 14.5 Å². The summed E-state index contributed by atoms with van der Waals surface area (Å²) in [5, 5.41) is 9.07. The lowest BCUT2D eigenvalue weighted by atomic mass is 10.0. The lowest BCUT2D eigenvalue weighted by Crippen LogP contribution is -2.51. The second-order valence-corrected chi connectivity index (χ2v) is 9.01. The van der Waals surface area contributed by atoms with Crippen LogP contribution < -0.4 is 5.32 Å². The maximum atomic E-state index is 12.7. The third-order valence-electron chi connectivity index (χ3n) is 6.71. The minimum Gasteiger partial charge on any atom is -0.347 e. The third-order valence-corrected chi connectivity index (χ3v) is 6.71. The summed E-state index contributed by atoms with van der Waals surface area (Å²) < 4.78 is 5.52. The Morgan fingerprint density at radius 1 is 0.944 bits per heavy atom. The molecule has 1 unspecified atom stereocenters. The predicted molar refractivity (Wildman–Crippen MR) is 137 cm³/mol. The summed E-state index contributed by atoms with van der Waals surface area (Å²) in [6.45, 7) is 4.60. The van der Waals surface area contributed by atoms with Crippen LogP contribution in [0.15, 0.2) is 77.3 Å². The van der Waals surface area contributed by atoms with Crippen LogP contribution in [-0.2, 0) is 16.0 Å².